The van der Waals surface area contributed by atoms with Gasteiger partial charge < -0.3 is 19.3 Å². The van der Waals surface area contributed by atoms with Gasteiger partial charge in [0, 0.05) is 0 Å². The molecule has 1 aromatic rings. The lowest BCUT2D eigenvalue weighted by atomic mass is 9.74. The quantitative estimate of drug-likeness (QED) is 0.835. The van der Waals surface area contributed by atoms with Crippen molar-refractivity contribution >= 4 is 6.16 Å². The summed E-state index contributed by atoms with van der Waals surface area (Å²) < 4.78 is 14.8. The Kier molecular flexibility index (Phi) is 3.53. The van der Waals surface area contributed by atoms with Crippen LogP contribution < -0.4 is 4.74 Å². The van der Waals surface area contributed by atoms with E-state index in [0.29, 0.717) is 12.3 Å². The number of cyclic esters (lactones) is 2. The monoisotopic (exact) mass is 278 g/mol. The fraction of sp³-hybridized carbons (Fsp3) is 0.533. The first-order valence-electron chi connectivity index (χ1n) is 6.85. The van der Waals surface area contributed by atoms with E-state index in [1.54, 1.807) is 7.11 Å². The van der Waals surface area contributed by atoms with Crippen LogP contribution >= 0.6 is 0 Å². The number of benzene rings is 1. The Balaban J connectivity index is 1.51. The van der Waals surface area contributed by atoms with Crippen LogP contribution in [0.15, 0.2) is 18.2 Å². The summed E-state index contributed by atoms with van der Waals surface area (Å²) in [7, 11) is 1.67. The van der Waals surface area contributed by atoms with Gasteiger partial charge in [0.25, 0.3) is 0 Å². The molecule has 108 valence electrons. The maximum atomic E-state index is 10.8. The number of hydrogen-bond acceptors (Lipinski definition) is 5. The highest BCUT2D eigenvalue weighted by Crippen LogP contribution is 2.40. The number of aliphatic hydroxyl groups is 1. The lowest BCUT2D eigenvalue weighted by Gasteiger charge is -2.31. The van der Waals surface area contributed by atoms with Crippen molar-refractivity contribution in [3.05, 3.63) is 29.3 Å². The van der Waals surface area contributed by atoms with Crippen molar-refractivity contribution in [3.63, 3.8) is 0 Å². The van der Waals surface area contributed by atoms with Crippen LogP contribution in [0.2, 0.25) is 0 Å². The molecule has 0 amide bonds. The zero-order valence-electron chi connectivity index (χ0n) is 11.4. The summed E-state index contributed by atoms with van der Waals surface area (Å²) in [5.74, 6) is 1.36. The van der Waals surface area contributed by atoms with Gasteiger partial charge in [0.1, 0.15) is 12.4 Å². The first-order valence-corrected chi connectivity index (χ1v) is 6.85. The van der Waals surface area contributed by atoms with E-state index < -0.39 is 18.4 Å². The maximum Gasteiger partial charge on any atom is 0.508 e. The third-order valence-corrected chi connectivity index (χ3v) is 4.11. The third kappa shape index (κ3) is 2.45. The van der Waals surface area contributed by atoms with Gasteiger partial charge in [-0.2, -0.15) is 0 Å². The fourth-order valence-corrected chi connectivity index (χ4v) is 2.88. The summed E-state index contributed by atoms with van der Waals surface area (Å²) in [4.78, 5) is 10.8. The first-order chi connectivity index (χ1) is 9.67. The van der Waals surface area contributed by atoms with E-state index in [4.69, 9.17) is 9.47 Å². The molecule has 0 saturated carbocycles. The SMILES string of the molecule is COc1ccc2c(c1)CC2CC[C@H](O)[C@H]1COC(=O)O1. The second kappa shape index (κ2) is 5.32. The standard InChI is InChI=1S/C15H18O5/c1-18-11-3-4-12-9(6-10(12)7-11)2-5-13(16)14-8-19-15(17)20-14/h3-4,7,9,13-14,16H,2,5-6,8H2,1H3/t9?,13-,14+/m0/s1. The zero-order valence-corrected chi connectivity index (χ0v) is 11.4. The van der Waals surface area contributed by atoms with E-state index in [9.17, 15) is 9.90 Å². The van der Waals surface area contributed by atoms with Crippen molar-refractivity contribution < 1.29 is 24.1 Å². The van der Waals surface area contributed by atoms with Crippen molar-refractivity contribution in [3.8, 4) is 5.75 Å². The summed E-state index contributed by atoms with van der Waals surface area (Å²) in [5, 5.41) is 9.99. The molecule has 1 N–H and O–H groups in total. The lowest BCUT2D eigenvalue weighted by Crippen LogP contribution is -2.29. The predicted molar refractivity (Wildman–Crippen MR) is 70.9 cm³/mol. The molecule has 1 fully saturated rings. The van der Waals surface area contributed by atoms with Gasteiger partial charge in [-0.1, -0.05) is 6.07 Å². The molecule has 20 heavy (non-hydrogen) atoms. The molecular formula is C15H18O5. The van der Waals surface area contributed by atoms with Crippen LogP contribution in [-0.2, 0) is 15.9 Å². The zero-order chi connectivity index (χ0) is 14.1. The Morgan fingerprint density at radius 2 is 2.35 bits per heavy atom. The summed E-state index contributed by atoms with van der Waals surface area (Å²) in [5.41, 5.74) is 2.65. The number of hydrogen-bond donors (Lipinski definition) is 1. The Morgan fingerprint density at radius 1 is 1.50 bits per heavy atom. The van der Waals surface area contributed by atoms with E-state index >= 15 is 0 Å². The smallest absolute Gasteiger partial charge is 0.497 e. The molecule has 5 heteroatoms. The number of carbonyl (C=O) groups is 1. The van der Waals surface area contributed by atoms with Crippen molar-refractivity contribution in [1.82, 2.24) is 0 Å². The van der Waals surface area contributed by atoms with Gasteiger partial charge >= 0.3 is 6.16 Å². The van der Waals surface area contributed by atoms with E-state index in [2.05, 4.69) is 16.9 Å². The van der Waals surface area contributed by atoms with Crippen LogP contribution in [0.5, 0.6) is 5.75 Å². The van der Waals surface area contributed by atoms with Gasteiger partial charge in [0.15, 0.2) is 6.10 Å². The predicted octanol–water partition coefficient (Wildman–Crippen LogP) is 2.01. The summed E-state index contributed by atoms with van der Waals surface area (Å²) in [6, 6.07) is 6.12. The second-order valence-electron chi connectivity index (χ2n) is 5.33. The molecule has 1 aliphatic carbocycles. The lowest BCUT2D eigenvalue weighted by molar-refractivity contribution is 0.0255. The molecular weight excluding hydrogens is 260 g/mol. The number of ether oxygens (including phenoxy) is 3. The van der Waals surface area contributed by atoms with Crippen LogP contribution in [0.3, 0.4) is 0 Å². The number of rotatable bonds is 5. The second-order valence-corrected chi connectivity index (χ2v) is 5.33. The maximum absolute atomic E-state index is 10.8. The molecule has 0 aromatic heterocycles. The van der Waals surface area contributed by atoms with Crippen molar-refractivity contribution in [2.24, 2.45) is 0 Å². The highest BCUT2D eigenvalue weighted by molar-refractivity contribution is 5.61. The minimum atomic E-state index is -0.685. The van der Waals surface area contributed by atoms with Crippen molar-refractivity contribution in [2.75, 3.05) is 13.7 Å². The van der Waals surface area contributed by atoms with Crippen LogP contribution in [-0.4, -0.2) is 37.2 Å². The number of aliphatic hydroxyl groups excluding tert-OH is 1. The van der Waals surface area contributed by atoms with E-state index in [-0.39, 0.29) is 6.61 Å². The molecule has 0 spiro atoms. The van der Waals surface area contributed by atoms with Gasteiger partial charge in [-0.05, 0) is 48.4 Å². The third-order valence-electron chi connectivity index (χ3n) is 4.11. The van der Waals surface area contributed by atoms with Gasteiger partial charge in [-0.25, -0.2) is 4.79 Å². The van der Waals surface area contributed by atoms with Crippen LogP contribution in [0.4, 0.5) is 4.79 Å². The minimum absolute atomic E-state index is 0.151. The summed E-state index contributed by atoms with van der Waals surface area (Å²) >= 11 is 0. The Morgan fingerprint density at radius 3 is 3.00 bits per heavy atom. The fourth-order valence-electron chi connectivity index (χ4n) is 2.88. The van der Waals surface area contributed by atoms with Gasteiger partial charge in [0.05, 0.1) is 13.2 Å². The summed E-state index contributed by atoms with van der Waals surface area (Å²) in [6.45, 7) is 0.151. The molecule has 1 unspecified atom stereocenters. The van der Waals surface area contributed by atoms with E-state index in [0.717, 1.165) is 18.6 Å². The van der Waals surface area contributed by atoms with Crippen LogP contribution in [0.25, 0.3) is 0 Å². The van der Waals surface area contributed by atoms with Gasteiger partial charge in [-0.15, -0.1) is 0 Å². The summed E-state index contributed by atoms with van der Waals surface area (Å²) in [6.07, 6.45) is 0.656. The van der Waals surface area contributed by atoms with Crippen LogP contribution in [0, 0.1) is 0 Å². The topological polar surface area (TPSA) is 65.0 Å². The Hall–Kier alpha value is -1.75. The number of carbonyl (C=O) groups excluding carboxylic acids is 1. The normalized spacial score (nSPS) is 25.2. The highest BCUT2D eigenvalue weighted by Gasteiger charge is 2.33. The Bertz CT molecular complexity index is 513. The molecule has 3 rings (SSSR count). The average molecular weight is 278 g/mol. The van der Waals surface area contributed by atoms with Crippen molar-refractivity contribution in [1.29, 1.82) is 0 Å². The first kappa shape index (κ1) is 13.2. The molecule has 0 radical (unpaired) electrons. The minimum Gasteiger partial charge on any atom is -0.497 e. The molecule has 1 heterocycles. The average Bonchev–Trinajstić information content (AvgIpc) is 2.86. The molecule has 0 bridgehead atoms. The molecule has 5 nitrogen and oxygen atoms in total. The molecule has 1 aliphatic heterocycles. The van der Waals surface area contributed by atoms with Gasteiger partial charge in [0.2, 0.25) is 0 Å². The van der Waals surface area contributed by atoms with Gasteiger partial charge in [-0.3, -0.25) is 0 Å². The molecule has 1 aromatic carbocycles. The highest BCUT2D eigenvalue weighted by atomic mass is 16.8. The van der Waals surface area contributed by atoms with Crippen LogP contribution in [0.1, 0.15) is 29.9 Å². The van der Waals surface area contributed by atoms with Crippen molar-refractivity contribution in [2.45, 2.75) is 37.4 Å². The van der Waals surface area contributed by atoms with E-state index in [1.165, 1.54) is 11.1 Å². The Labute approximate surface area is 117 Å². The molecule has 3 atom stereocenters. The molecule has 1 saturated heterocycles. The number of methoxy groups -OCH3 is 1. The largest absolute Gasteiger partial charge is 0.508 e. The number of fused-ring (bicyclic) bond motifs is 1. The van der Waals surface area contributed by atoms with E-state index in [1.807, 2.05) is 6.07 Å². The molecule has 2 aliphatic rings.